The van der Waals surface area contributed by atoms with Crippen LogP contribution in [0.15, 0.2) is 23.1 Å². The first kappa shape index (κ1) is 14.2. The van der Waals surface area contributed by atoms with Crippen LogP contribution in [0.3, 0.4) is 0 Å². The average Bonchev–Trinajstić information content (AvgIpc) is 3.18. The quantitative estimate of drug-likeness (QED) is 0.539. The molecule has 0 saturated heterocycles. The van der Waals surface area contributed by atoms with Crippen LogP contribution < -0.4 is 5.32 Å². The Morgan fingerprint density at radius 1 is 1.33 bits per heavy atom. The third kappa shape index (κ3) is 4.83. The molecule has 0 bridgehead atoms. The van der Waals surface area contributed by atoms with E-state index in [1.54, 1.807) is 0 Å². The molecular formula is C15H22ClNS. The zero-order valence-electron chi connectivity index (χ0n) is 11.0. The van der Waals surface area contributed by atoms with Crippen molar-refractivity contribution in [2.75, 3.05) is 5.75 Å². The molecule has 1 aromatic carbocycles. The molecule has 100 valence electrons. The van der Waals surface area contributed by atoms with E-state index >= 15 is 0 Å². The van der Waals surface area contributed by atoms with E-state index in [0.29, 0.717) is 0 Å². The van der Waals surface area contributed by atoms with E-state index in [1.165, 1.54) is 48.3 Å². The predicted octanol–water partition coefficient (Wildman–Crippen LogP) is 4.87. The number of rotatable bonds is 8. The summed E-state index contributed by atoms with van der Waals surface area (Å²) in [6.45, 7) is 3.15. The van der Waals surface area contributed by atoms with Crippen LogP contribution in [0, 0.1) is 0 Å². The van der Waals surface area contributed by atoms with E-state index in [-0.39, 0.29) is 0 Å². The van der Waals surface area contributed by atoms with E-state index in [4.69, 9.17) is 11.6 Å². The molecule has 3 heteroatoms. The zero-order chi connectivity index (χ0) is 12.8. The van der Waals surface area contributed by atoms with Crippen LogP contribution in [0.4, 0.5) is 0 Å². The van der Waals surface area contributed by atoms with Crippen molar-refractivity contribution < 1.29 is 0 Å². The van der Waals surface area contributed by atoms with Gasteiger partial charge in [0.05, 0.1) is 0 Å². The highest BCUT2D eigenvalue weighted by Crippen LogP contribution is 2.27. The Labute approximate surface area is 120 Å². The summed E-state index contributed by atoms with van der Waals surface area (Å²) in [5, 5.41) is 4.41. The molecule has 0 radical (unpaired) electrons. The summed E-state index contributed by atoms with van der Waals surface area (Å²) >= 11 is 8.24. The second-order valence-electron chi connectivity index (χ2n) is 4.96. The second-order valence-corrected chi connectivity index (χ2v) is 6.54. The van der Waals surface area contributed by atoms with Gasteiger partial charge in [0.2, 0.25) is 0 Å². The van der Waals surface area contributed by atoms with Gasteiger partial charge in [0, 0.05) is 22.5 Å². The molecular weight excluding hydrogens is 262 g/mol. The van der Waals surface area contributed by atoms with Gasteiger partial charge >= 0.3 is 0 Å². The first-order valence-electron chi connectivity index (χ1n) is 6.94. The van der Waals surface area contributed by atoms with Crippen LogP contribution in [-0.2, 0) is 6.54 Å². The average molecular weight is 284 g/mol. The van der Waals surface area contributed by atoms with Crippen molar-refractivity contribution in [2.45, 2.75) is 56.5 Å². The van der Waals surface area contributed by atoms with Gasteiger partial charge in [0.1, 0.15) is 0 Å². The molecule has 1 N–H and O–H groups in total. The van der Waals surface area contributed by atoms with Crippen molar-refractivity contribution in [1.29, 1.82) is 0 Å². The maximum atomic E-state index is 6.32. The monoisotopic (exact) mass is 283 g/mol. The number of benzene rings is 1. The Morgan fingerprint density at radius 2 is 2.17 bits per heavy atom. The number of hydrogen-bond acceptors (Lipinski definition) is 2. The van der Waals surface area contributed by atoms with E-state index in [9.17, 15) is 0 Å². The van der Waals surface area contributed by atoms with Crippen LogP contribution in [0.5, 0.6) is 0 Å². The van der Waals surface area contributed by atoms with Crippen molar-refractivity contribution >= 4 is 23.4 Å². The van der Waals surface area contributed by atoms with E-state index < -0.39 is 0 Å². The van der Waals surface area contributed by atoms with Crippen LogP contribution in [0.25, 0.3) is 0 Å². The third-order valence-corrected chi connectivity index (χ3v) is 4.63. The molecule has 0 aromatic heterocycles. The molecule has 0 amide bonds. The lowest BCUT2D eigenvalue weighted by atomic mass is 10.2. The molecule has 1 aliphatic rings. The molecule has 0 spiro atoms. The lowest BCUT2D eigenvalue weighted by Crippen LogP contribution is -2.15. The van der Waals surface area contributed by atoms with Crippen molar-refractivity contribution in [3.05, 3.63) is 28.8 Å². The summed E-state index contributed by atoms with van der Waals surface area (Å²) < 4.78 is 0. The number of hydrogen-bond donors (Lipinski definition) is 1. The van der Waals surface area contributed by atoms with Gasteiger partial charge in [0.25, 0.3) is 0 Å². The highest BCUT2D eigenvalue weighted by molar-refractivity contribution is 7.99. The Morgan fingerprint density at radius 3 is 2.83 bits per heavy atom. The lowest BCUT2D eigenvalue weighted by molar-refractivity contribution is 0.687. The highest BCUT2D eigenvalue weighted by Gasteiger charge is 2.20. The standard InChI is InChI=1S/C15H22ClNS/c1-2-3-4-9-18-14-8-5-12(15(16)10-14)11-17-13-6-7-13/h5,8,10,13,17H,2-4,6-7,9,11H2,1H3. The molecule has 2 rings (SSSR count). The Balaban J connectivity index is 1.79. The lowest BCUT2D eigenvalue weighted by Gasteiger charge is -2.08. The molecule has 1 nitrogen and oxygen atoms in total. The molecule has 0 atom stereocenters. The van der Waals surface area contributed by atoms with Gasteiger partial charge in [-0.1, -0.05) is 37.4 Å². The zero-order valence-corrected chi connectivity index (χ0v) is 12.6. The van der Waals surface area contributed by atoms with Crippen LogP contribution in [0.2, 0.25) is 5.02 Å². The van der Waals surface area contributed by atoms with Gasteiger partial charge in [0.15, 0.2) is 0 Å². The van der Waals surface area contributed by atoms with E-state index in [1.807, 2.05) is 11.8 Å². The van der Waals surface area contributed by atoms with Gasteiger partial charge in [-0.15, -0.1) is 11.8 Å². The molecule has 0 aliphatic heterocycles. The van der Waals surface area contributed by atoms with Crippen molar-refractivity contribution in [3.63, 3.8) is 0 Å². The minimum Gasteiger partial charge on any atom is -0.310 e. The van der Waals surface area contributed by atoms with Crippen molar-refractivity contribution in [2.24, 2.45) is 0 Å². The molecule has 1 fully saturated rings. The smallest absolute Gasteiger partial charge is 0.0462 e. The maximum Gasteiger partial charge on any atom is 0.0462 e. The van der Waals surface area contributed by atoms with Crippen LogP contribution in [-0.4, -0.2) is 11.8 Å². The van der Waals surface area contributed by atoms with Gasteiger partial charge in [-0.3, -0.25) is 0 Å². The second kappa shape index (κ2) is 7.42. The SMILES string of the molecule is CCCCCSc1ccc(CNC2CC2)c(Cl)c1. The van der Waals surface area contributed by atoms with Gasteiger partial charge < -0.3 is 5.32 Å². The largest absolute Gasteiger partial charge is 0.310 e. The Kier molecular flexibility index (Phi) is 5.87. The Bertz CT molecular complexity index is 377. The van der Waals surface area contributed by atoms with Crippen molar-refractivity contribution in [1.82, 2.24) is 5.32 Å². The van der Waals surface area contributed by atoms with Gasteiger partial charge in [-0.25, -0.2) is 0 Å². The fourth-order valence-electron chi connectivity index (χ4n) is 1.85. The van der Waals surface area contributed by atoms with Gasteiger partial charge in [-0.05, 0) is 42.7 Å². The minimum absolute atomic E-state index is 0.740. The minimum atomic E-state index is 0.740. The van der Waals surface area contributed by atoms with Crippen LogP contribution in [0.1, 0.15) is 44.6 Å². The first-order chi connectivity index (χ1) is 8.79. The topological polar surface area (TPSA) is 12.0 Å². The van der Waals surface area contributed by atoms with Gasteiger partial charge in [-0.2, -0.15) is 0 Å². The van der Waals surface area contributed by atoms with E-state index in [2.05, 4.69) is 30.4 Å². The number of nitrogens with one attached hydrogen (secondary N) is 1. The first-order valence-corrected chi connectivity index (χ1v) is 8.30. The molecule has 1 aliphatic carbocycles. The summed E-state index contributed by atoms with van der Waals surface area (Å²) in [6.07, 6.45) is 6.55. The molecule has 1 saturated carbocycles. The summed E-state index contributed by atoms with van der Waals surface area (Å²) in [6, 6.07) is 7.22. The fraction of sp³-hybridized carbons (Fsp3) is 0.600. The third-order valence-electron chi connectivity index (χ3n) is 3.20. The highest BCUT2D eigenvalue weighted by atomic mass is 35.5. The predicted molar refractivity (Wildman–Crippen MR) is 81.6 cm³/mol. The number of unbranched alkanes of at least 4 members (excludes halogenated alkanes) is 2. The molecule has 0 unspecified atom stereocenters. The Hall–Kier alpha value is -0.180. The number of halogens is 1. The summed E-state index contributed by atoms with van der Waals surface area (Å²) in [7, 11) is 0. The van der Waals surface area contributed by atoms with Crippen LogP contribution >= 0.6 is 23.4 Å². The summed E-state index contributed by atoms with van der Waals surface area (Å²) in [5.74, 6) is 1.20. The number of thioether (sulfide) groups is 1. The van der Waals surface area contributed by atoms with E-state index in [0.717, 1.165) is 17.6 Å². The summed E-state index contributed by atoms with van der Waals surface area (Å²) in [5.41, 5.74) is 1.22. The summed E-state index contributed by atoms with van der Waals surface area (Å²) in [4.78, 5) is 1.30. The van der Waals surface area contributed by atoms with Crippen molar-refractivity contribution in [3.8, 4) is 0 Å². The molecule has 0 heterocycles. The molecule has 1 aromatic rings. The fourth-order valence-corrected chi connectivity index (χ4v) is 3.11. The maximum absolute atomic E-state index is 6.32. The molecule has 18 heavy (non-hydrogen) atoms. The normalized spacial score (nSPS) is 15.0.